The van der Waals surface area contributed by atoms with Gasteiger partial charge in [0.1, 0.15) is 0 Å². The van der Waals surface area contributed by atoms with Crippen molar-refractivity contribution in [1.29, 1.82) is 0 Å². The van der Waals surface area contributed by atoms with Crippen LogP contribution in [0.2, 0.25) is 0 Å². The molecule has 3 N–H and O–H groups in total. The van der Waals surface area contributed by atoms with Gasteiger partial charge >= 0.3 is 0 Å². The Morgan fingerprint density at radius 2 is 2.16 bits per heavy atom. The fraction of sp³-hybridized carbons (Fsp3) is 0.214. The van der Waals surface area contributed by atoms with Gasteiger partial charge in [-0.2, -0.15) is 0 Å². The number of aromatic nitrogens is 2. The Kier molecular flexibility index (Phi) is 3.59. The number of imidazole rings is 1. The average molecular weight is 289 g/mol. The van der Waals surface area contributed by atoms with Gasteiger partial charge in [-0.25, -0.2) is 4.98 Å². The summed E-state index contributed by atoms with van der Waals surface area (Å²) in [6.45, 7) is 2.73. The third-order valence-corrected chi connectivity index (χ3v) is 5.33. The first-order chi connectivity index (χ1) is 9.26. The molecule has 0 aliphatic rings. The largest absolute Gasteiger partial charge is 0.333 e. The lowest BCUT2D eigenvalue weighted by Gasteiger charge is -2.10. The van der Waals surface area contributed by atoms with Crippen LogP contribution in [0.25, 0.3) is 11.0 Å². The van der Waals surface area contributed by atoms with Crippen molar-refractivity contribution in [2.24, 2.45) is 5.73 Å². The molecule has 0 amide bonds. The van der Waals surface area contributed by atoms with E-state index in [1.165, 1.54) is 9.75 Å². The molecule has 3 aromatic rings. The predicted molar refractivity (Wildman–Crippen MR) is 82.8 cm³/mol. The number of aryl methyl sites for hydroxylation is 1. The first-order valence-corrected chi connectivity index (χ1v) is 7.83. The number of para-hydroxylation sites is 2. The number of hydrogen-bond donors (Lipinski definition) is 2. The van der Waals surface area contributed by atoms with Crippen molar-refractivity contribution in [2.45, 2.75) is 17.3 Å². The zero-order valence-electron chi connectivity index (χ0n) is 10.6. The maximum Gasteiger partial charge on any atom is 0.167 e. The van der Waals surface area contributed by atoms with Crippen LogP contribution in [0.5, 0.6) is 0 Å². The topological polar surface area (TPSA) is 54.7 Å². The molecule has 19 heavy (non-hydrogen) atoms. The molecule has 0 bridgehead atoms. The lowest BCUT2D eigenvalue weighted by atomic mass is 10.3. The predicted octanol–water partition coefficient (Wildman–Crippen LogP) is 3.72. The van der Waals surface area contributed by atoms with Crippen molar-refractivity contribution in [1.82, 2.24) is 9.97 Å². The molecule has 2 aromatic heterocycles. The Hall–Kier alpha value is -1.30. The number of benzene rings is 1. The summed E-state index contributed by atoms with van der Waals surface area (Å²) in [5.74, 6) is 0. The van der Waals surface area contributed by atoms with Gasteiger partial charge in [-0.05, 0) is 31.2 Å². The van der Waals surface area contributed by atoms with Gasteiger partial charge in [0.2, 0.25) is 0 Å². The third kappa shape index (κ3) is 2.68. The summed E-state index contributed by atoms with van der Waals surface area (Å²) in [5.41, 5.74) is 7.98. The van der Waals surface area contributed by atoms with E-state index in [9.17, 15) is 0 Å². The van der Waals surface area contributed by atoms with Crippen LogP contribution in [0.3, 0.4) is 0 Å². The van der Waals surface area contributed by atoms with E-state index in [1.54, 1.807) is 23.1 Å². The Balaban J connectivity index is 1.86. The molecule has 0 aliphatic heterocycles. The average Bonchev–Trinajstić information content (AvgIpc) is 3.01. The molecule has 0 fully saturated rings. The number of thioether (sulfide) groups is 1. The molecule has 1 unspecified atom stereocenters. The molecule has 98 valence electrons. The van der Waals surface area contributed by atoms with Gasteiger partial charge in [-0.15, -0.1) is 11.3 Å². The van der Waals surface area contributed by atoms with Crippen molar-refractivity contribution in [3.05, 3.63) is 46.2 Å². The van der Waals surface area contributed by atoms with Crippen LogP contribution in [-0.4, -0.2) is 16.5 Å². The van der Waals surface area contributed by atoms with Gasteiger partial charge in [0.25, 0.3) is 0 Å². The highest BCUT2D eigenvalue weighted by Crippen LogP contribution is 2.36. The van der Waals surface area contributed by atoms with Crippen LogP contribution in [-0.2, 0) is 0 Å². The first kappa shape index (κ1) is 12.7. The normalized spacial score (nSPS) is 12.9. The van der Waals surface area contributed by atoms with Crippen molar-refractivity contribution in [2.75, 3.05) is 6.54 Å². The first-order valence-electron chi connectivity index (χ1n) is 6.14. The van der Waals surface area contributed by atoms with Gasteiger partial charge < -0.3 is 10.7 Å². The Bertz CT molecular complexity index is 654. The minimum Gasteiger partial charge on any atom is -0.333 e. The monoisotopic (exact) mass is 289 g/mol. The summed E-state index contributed by atoms with van der Waals surface area (Å²) in [7, 11) is 0. The number of fused-ring (bicyclic) bond motifs is 1. The van der Waals surface area contributed by atoms with Crippen molar-refractivity contribution >= 4 is 34.1 Å². The van der Waals surface area contributed by atoms with E-state index in [0.29, 0.717) is 6.54 Å². The van der Waals surface area contributed by atoms with Crippen molar-refractivity contribution in [3.63, 3.8) is 0 Å². The standard InChI is InChI=1S/C14H15N3S2/c1-9-6-7-12(18-9)13(8-15)19-14-16-10-4-2-3-5-11(10)17-14/h2-7,13H,8,15H2,1H3,(H,16,17). The van der Waals surface area contributed by atoms with E-state index < -0.39 is 0 Å². The van der Waals surface area contributed by atoms with Crippen molar-refractivity contribution in [3.8, 4) is 0 Å². The number of nitrogens with one attached hydrogen (secondary N) is 1. The van der Waals surface area contributed by atoms with E-state index in [1.807, 2.05) is 24.3 Å². The summed E-state index contributed by atoms with van der Waals surface area (Å²) in [4.78, 5) is 10.6. The molecule has 5 heteroatoms. The highest BCUT2D eigenvalue weighted by molar-refractivity contribution is 7.99. The van der Waals surface area contributed by atoms with E-state index in [4.69, 9.17) is 5.73 Å². The fourth-order valence-corrected chi connectivity index (χ4v) is 4.01. The minimum absolute atomic E-state index is 0.263. The van der Waals surface area contributed by atoms with Crippen LogP contribution >= 0.6 is 23.1 Å². The number of thiophene rings is 1. The third-order valence-electron chi connectivity index (χ3n) is 2.91. The maximum absolute atomic E-state index is 5.90. The lowest BCUT2D eigenvalue weighted by molar-refractivity contribution is 0.946. The second-order valence-electron chi connectivity index (χ2n) is 4.35. The van der Waals surface area contributed by atoms with Gasteiger partial charge in [-0.3, -0.25) is 0 Å². The summed E-state index contributed by atoms with van der Waals surface area (Å²) >= 11 is 3.50. The zero-order valence-corrected chi connectivity index (χ0v) is 12.2. The van der Waals surface area contributed by atoms with Crippen LogP contribution in [0, 0.1) is 6.92 Å². The smallest absolute Gasteiger partial charge is 0.167 e. The molecule has 2 heterocycles. The lowest BCUT2D eigenvalue weighted by Crippen LogP contribution is -2.08. The fourth-order valence-electron chi connectivity index (χ4n) is 1.97. The number of aromatic amines is 1. The Morgan fingerprint density at radius 3 is 2.84 bits per heavy atom. The van der Waals surface area contributed by atoms with Gasteiger partial charge in [-0.1, -0.05) is 23.9 Å². The zero-order chi connectivity index (χ0) is 13.2. The molecule has 1 aromatic carbocycles. The number of rotatable bonds is 4. The second-order valence-corrected chi connectivity index (χ2v) is 6.86. The van der Waals surface area contributed by atoms with Crippen molar-refractivity contribution < 1.29 is 0 Å². The Morgan fingerprint density at radius 1 is 1.32 bits per heavy atom. The highest BCUT2D eigenvalue weighted by Gasteiger charge is 2.15. The van der Waals surface area contributed by atoms with E-state index in [-0.39, 0.29) is 5.25 Å². The summed E-state index contributed by atoms with van der Waals surface area (Å²) in [6.07, 6.45) is 0. The number of H-pyrrole nitrogens is 1. The molecular formula is C14H15N3S2. The van der Waals surface area contributed by atoms with E-state index in [0.717, 1.165) is 16.2 Å². The molecule has 0 aliphatic carbocycles. The molecular weight excluding hydrogens is 274 g/mol. The molecule has 0 radical (unpaired) electrons. The summed E-state index contributed by atoms with van der Waals surface area (Å²) in [6, 6.07) is 12.4. The van der Waals surface area contributed by atoms with Crippen LogP contribution in [0.1, 0.15) is 15.0 Å². The molecule has 3 nitrogen and oxygen atoms in total. The Labute approximate surface area is 120 Å². The van der Waals surface area contributed by atoms with Gasteiger partial charge in [0.15, 0.2) is 5.16 Å². The van der Waals surface area contributed by atoms with Crippen LogP contribution in [0.4, 0.5) is 0 Å². The minimum atomic E-state index is 0.263. The van der Waals surface area contributed by atoms with Crippen LogP contribution < -0.4 is 5.73 Å². The van der Waals surface area contributed by atoms with Gasteiger partial charge in [0, 0.05) is 16.3 Å². The van der Waals surface area contributed by atoms with Gasteiger partial charge in [0.05, 0.1) is 16.3 Å². The summed E-state index contributed by atoms with van der Waals surface area (Å²) < 4.78 is 0. The maximum atomic E-state index is 5.90. The van der Waals surface area contributed by atoms with E-state index >= 15 is 0 Å². The molecule has 0 saturated heterocycles. The molecule has 3 rings (SSSR count). The molecule has 1 atom stereocenters. The number of nitrogens with zero attached hydrogens (tertiary/aromatic N) is 1. The SMILES string of the molecule is Cc1ccc(C(CN)Sc2nc3ccccc3[nH]2)s1. The van der Waals surface area contributed by atoms with E-state index in [2.05, 4.69) is 29.0 Å². The number of nitrogens with two attached hydrogens (primary N) is 1. The number of hydrogen-bond acceptors (Lipinski definition) is 4. The summed E-state index contributed by atoms with van der Waals surface area (Å²) in [5, 5.41) is 1.20. The highest BCUT2D eigenvalue weighted by atomic mass is 32.2. The molecule has 0 saturated carbocycles. The van der Waals surface area contributed by atoms with Crippen LogP contribution in [0.15, 0.2) is 41.6 Å². The molecule has 0 spiro atoms. The second kappa shape index (κ2) is 5.36. The quantitative estimate of drug-likeness (QED) is 0.720.